The Morgan fingerprint density at radius 3 is 3.29 bits per heavy atom. The molecule has 2 amide bonds. The van der Waals surface area contributed by atoms with E-state index in [1.54, 1.807) is 6.20 Å². The van der Waals surface area contributed by atoms with E-state index in [-0.39, 0.29) is 6.03 Å². The van der Waals surface area contributed by atoms with Crippen LogP contribution in [-0.4, -0.2) is 33.8 Å². The van der Waals surface area contributed by atoms with E-state index in [4.69, 9.17) is 0 Å². The highest BCUT2D eigenvalue weighted by Crippen LogP contribution is 2.18. The standard InChI is InChI=1S/C10H15IN4OS/c11-15-4-1-2-8(7-15)6-13-9(16)14-10-12-3-5-17-10/h3,5,8H,1-2,4,6-7H2,(H2,12,13,14,16). The van der Waals surface area contributed by atoms with Crippen molar-refractivity contribution >= 4 is 45.4 Å². The second kappa shape index (κ2) is 6.50. The number of anilines is 1. The summed E-state index contributed by atoms with van der Waals surface area (Å²) in [6, 6.07) is -0.162. The molecule has 1 aliphatic heterocycles. The third kappa shape index (κ3) is 4.40. The van der Waals surface area contributed by atoms with Gasteiger partial charge in [-0.05, 0) is 18.8 Å². The molecule has 2 rings (SSSR count). The number of hydrogen-bond acceptors (Lipinski definition) is 4. The molecule has 5 nitrogen and oxygen atoms in total. The molecule has 1 aromatic heterocycles. The van der Waals surface area contributed by atoms with Crippen molar-refractivity contribution in [1.29, 1.82) is 0 Å². The minimum atomic E-state index is -0.162. The maximum Gasteiger partial charge on any atom is 0.321 e. The molecule has 0 saturated carbocycles. The molecule has 1 saturated heterocycles. The van der Waals surface area contributed by atoms with Gasteiger partial charge in [-0.2, -0.15) is 0 Å². The Labute approximate surface area is 118 Å². The third-order valence-corrected chi connectivity index (χ3v) is 4.24. The van der Waals surface area contributed by atoms with Crippen LogP contribution >= 0.6 is 34.2 Å². The fraction of sp³-hybridized carbons (Fsp3) is 0.600. The maximum atomic E-state index is 11.6. The molecule has 0 radical (unpaired) electrons. The number of carbonyl (C=O) groups excluding carboxylic acids is 1. The predicted molar refractivity (Wildman–Crippen MR) is 77.5 cm³/mol. The summed E-state index contributed by atoms with van der Waals surface area (Å²) in [5, 5.41) is 8.09. The van der Waals surface area contributed by atoms with Crippen LogP contribution < -0.4 is 10.6 Å². The summed E-state index contributed by atoms with van der Waals surface area (Å²) in [5.41, 5.74) is 0. The quantitative estimate of drug-likeness (QED) is 0.638. The normalized spacial score (nSPS) is 21.1. The number of thiazole rings is 1. The van der Waals surface area contributed by atoms with Crippen LogP contribution in [0, 0.1) is 5.92 Å². The molecule has 1 unspecified atom stereocenters. The largest absolute Gasteiger partial charge is 0.337 e. The molecule has 17 heavy (non-hydrogen) atoms. The number of urea groups is 1. The molecule has 0 bridgehead atoms. The topological polar surface area (TPSA) is 57.3 Å². The average molecular weight is 366 g/mol. The monoisotopic (exact) mass is 366 g/mol. The number of aromatic nitrogens is 1. The zero-order chi connectivity index (χ0) is 12.1. The molecule has 1 aliphatic rings. The number of halogens is 1. The Bertz CT molecular complexity index is 359. The van der Waals surface area contributed by atoms with Crippen LogP contribution in [0.15, 0.2) is 11.6 Å². The molecular weight excluding hydrogens is 351 g/mol. The van der Waals surface area contributed by atoms with Crippen molar-refractivity contribution in [1.82, 2.24) is 13.4 Å². The van der Waals surface area contributed by atoms with E-state index in [0.29, 0.717) is 11.0 Å². The first-order valence-electron chi connectivity index (χ1n) is 5.59. The number of nitrogens with zero attached hydrogens (tertiary/aromatic N) is 2. The molecule has 0 aliphatic carbocycles. The van der Waals surface area contributed by atoms with Crippen molar-refractivity contribution in [3.05, 3.63) is 11.6 Å². The van der Waals surface area contributed by atoms with Crippen LogP contribution in [-0.2, 0) is 0 Å². The van der Waals surface area contributed by atoms with E-state index in [9.17, 15) is 4.79 Å². The van der Waals surface area contributed by atoms with Gasteiger partial charge in [-0.25, -0.2) is 12.9 Å². The Morgan fingerprint density at radius 1 is 1.71 bits per heavy atom. The van der Waals surface area contributed by atoms with Crippen LogP contribution in [0.1, 0.15) is 12.8 Å². The molecule has 2 heterocycles. The summed E-state index contributed by atoms with van der Waals surface area (Å²) < 4.78 is 2.28. The highest BCUT2D eigenvalue weighted by molar-refractivity contribution is 14.1. The lowest BCUT2D eigenvalue weighted by atomic mass is 10.00. The van der Waals surface area contributed by atoms with Crippen LogP contribution in [0.3, 0.4) is 0 Å². The SMILES string of the molecule is O=C(NCC1CCCN(I)C1)Nc1nccs1. The first-order chi connectivity index (χ1) is 8.24. The minimum Gasteiger partial charge on any atom is -0.337 e. The van der Waals surface area contributed by atoms with E-state index in [0.717, 1.165) is 19.6 Å². The van der Waals surface area contributed by atoms with Gasteiger partial charge in [-0.3, -0.25) is 5.32 Å². The van der Waals surface area contributed by atoms with Gasteiger partial charge in [-0.1, -0.05) is 0 Å². The van der Waals surface area contributed by atoms with E-state index in [2.05, 4.69) is 41.6 Å². The lowest BCUT2D eigenvalue weighted by Gasteiger charge is -2.28. The van der Waals surface area contributed by atoms with Crippen molar-refractivity contribution in [2.24, 2.45) is 5.92 Å². The molecule has 1 atom stereocenters. The summed E-state index contributed by atoms with van der Waals surface area (Å²) in [6.07, 6.45) is 4.08. The van der Waals surface area contributed by atoms with Crippen molar-refractivity contribution in [2.75, 3.05) is 25.0 Å². The van der Waals surface area contributed by atoms with Crippen LogP contribution in [0.2, 0.25) is 0 Å². The minimum absolute atomic E-state index is 0.162. The van der Waals surface area contributed by atoms with Gasteiger partial charge in [0.25, 0.3) is 0 Å². The highest BCUT2D eigenvalue weighted by atomic mass is 127. The number of hydrogen-bond donors (Lipinski definition) is 2. The summed E-state index contributed by atoms with van der Waals surface area (Å²) in [5.74, 6) is 0.558. The van der Waals surface area contributed by atoms with E-state index in [1.807, 2.05) is 5.38 Å². The Hall–Kier alpha value is -0.410. The first kappa shape index (κ1) is 13.0. The number of carbonyl (C=O) groups is 1. The Morgan fingerprint density at radius 2 is 2.59 bits per heavy atom. The summed E-state index contributed by atoms with van der Waals surface area (Å²) in [7, 11) is 0. The van der Waals surface area contributed by atoms with E-state index in [1.165, 1.54) is 24.2 Å². The smallest absolute Gasteiger partial charge is 0.321 e. The van der Waals surface area contributed by atoms with Crippen molar-refractivity contribution in [2.45, 2.75) is 12.8 Å². The molecule has 7 heteroatoms. The van der Waals surface area contributed by atoms with Crippen LogP contribution in [0.25, 0.3) is 0 Å². The first-order valence-corrected chi connectivity index (χ1v) is 7.43. The van der Waals surface area contributed by atoms with Gasteiger partial charge in [0.15, 0.2) is 5.13 Å². The molecule has 1 fully saturated rings. The lowest BCUT2D eigenvalue weighted by molar-refractivity contribution is 0.244. The van der Waals surface area contributed by atoms with Crippen molar-refractivity contribution in [3.63, 3.8) is 0 Å². The van der Waals surface area contributed by atoms with E-state index >= 15 is 0 Å². The fourth-order valence-electron chi connectivity index (χ4n) is 1.84. The Kier molecular flexibility index (Phi) is 4.99. The molecular formula is C10H15IN4OS. The van der Waals surface area contributed by atoms with Gasteiger partial charge >= 0.3 is 6.03 Å². The summed E-state index contributed by atoms with van der Waals surface area (Å²) in [6.45, 7) is 2.94. The van der Waals surface area contributed by atoms with E-state index < -0.39 is 0 Å². The van der Waals surface area contributed by atoms with Crippen LogP contribution in [0.4, 0.5) is 9.93 Å². The van der Waals surface area contributed by atoms with Crippen LogP contribution in [0.5, 0.6) is 0 Å². The predicted octanol–water partition coefficient (Wildman–Crippen LogP) is 2.33. The molecule has 0 aromatic carbocycles. The van der Waals surface area contributed by atoms with Gasteiger partial charge in [-0.15, -0.1) is 11.3 Å². The second-order valence-electron chi connectivity index (χ2n) is 4.05. The summed E-state index contributed by atoms with van der Waals surface area (Å²) >= 11 is 3.76. The number of piperidine rings is 1. The zero-order valence-corrected chi connectivity index (χ0v) is 12.3. The lowest BCUT2D eigenvalue weighted by Crippen LogP contribution is -2.38. The molecule has 1 aromatic rings. The van der Waals surface area contributed by atoms with Crippen molar-refractivity contribution < 1.29 is 4.79 Å². The Balaban J connectivity index is 1.69. The number of amides is 2. The van der Waals surface area contributed by atoms with Gasteiger partial charge in [0.2, 0.25) is 0 Å². The molecule has 94 valence electrons. The van der Waals surface area contributed by atoms with Gasteiger partial charge in [0.05, 0.1) is 0 Å². The molecule has 0 spiro atoms. The number of nitrogens with one attached hydrogen (secondary N) is 2. The maximum absolute atomic E-state index is 11.6. The number of rotatable bonds is 3. The average Bonchev–Trinajstić information content (AvgIpc) is 2.79. The zero-order valence-electron chi connectivity index (χ0n) is 9.36. The molecule has 2 N–H and O–H groups in total. The second-order valence-corrected chi connectivity index (χ2v) is 6.31. The van der Waals surface area contributed by atoms with Gasteiger partial charge < -0.3 is 5.32 Å². The van der Waals surface area contributed by atoms with Gasteiger partial charge in [0.1, 0.15) is 0 Å². The summed E-state index contributed by atoms with van der Waals surface area (Å²) in [4.78, 5) is 15.6. The third-order valence-electron chi connectivity index (χ3n) is 2.67. The van der Waals surface area contributed by atoms with Crippen molar-refractivity contribution in [3.8, 4) is 0 Å². The highest BCUT2D eigenvalue weighted by Gasteiger charge is 2.18. The van der Waals surface area contributed by atoms with Gasteiger partial charge in [0, 0.05) is 54.1 Å². The fourth-order valence-corrected chi connectivity index (χ4v) is 3.27.